The second-order valence-corrected chi connectivity index (χ2v) is 19.9. The molecule has 0 N–H and O–H groups in total. The van der Waals surface area contributed by atoms with Gasteiger partial charge in [0.05, 0.1) is 21.7 Å². The normalized spacial score (nSPS) is 13.8. The van der Waals surface area contributed by atoms with E-state index >= 15 is 0 Å². The predicted molar refractivity (Wildman–Crippen MR) is 123 cm³/mol. The van der Waals surface area contributed by atoms with Crippen molar-refractivity contribution in [2.75, 3.05) is 0 Å². The zero-order valence-corrected chi connectivity index (χ0v) is 18.5. The first-order valence-electron chi connectivity index (χ1n) is 9.50. The van der Waals surface area contributed by atoms with Gasteiger partial charge >= 0.3 is 0 Å². The second-order valence-electron chi connectivity index (χ2n) is 9.79. The number of fused-ring (bicyclic) bond motifs is 8. The van der Waals surface area contributed by atoms with Crippen molar-refractivity contribution in [3.63, 3.8) is 0 Å². The van der Waals surface area contributed by atoms with Crippen LogP contribution < -0.4 is 10.4 Å². The third-order valence-electron chi connectivity index (χ3n) is 5.86. The minimum absolute atomic E-state index is 1.17. The Morgan fingerprint density at radius 3 is 1.58 bits per heavy atom. The average molecular weight is 372 g/mol. The molecule has 0 saturated carbocycles. The van der Waals surface area contributed by atoms with Crippen LogP contribution in [0, 0.1) is 0 Å². The number of rotatable bonds is 2. The van der Waals surface area contributed by atoms with Gasteiger partial charge in [-0.3, -0.25) is 4.98 Å². The molecule has 0 saturated heterocycles. The fourth-order valence-electron chi connectivity index (χ4n) is 4.46. The lowest BCUT2D eigenvalue weighted by Crippen LogP contribution is -2.56. The highest BCUT2D eigenvalue weighted by atomic mass is 28.3. The summed E-state index contributed by atoms with van der Waals surface area (Å²) >= 11 is 0. The van der Waals surface area contributed by atoms with Crippen LogP contribution in [0.2, 0.25) is 39.3 Å². The summed E-state index contributed by atoms with van der Waals surface area (Å²) in [5, 5.41) is 13.2. The third kappa shape index (κ3) is 2.04. The maximum atomic E-state index is 4.57. The Morgan fingerprint density at radius 1 is 0.577 bits per heavy atom. The molecule has 0 amide bonds. The third-order valence-corrected chi connectivity index (χ3v) is 10.2. The van der Waals surface area contributed by atoms with Crippen molar-refractivity contribution in [2.24, 2.45) is 0 Å². The second kappa shape index (κ2) is 4.84. The molecule has 0 radical (unpaired) electrons. The first kappa shape index (κ1) is 16.2. The number of hydrogen-bond acceptors (Lipinski definition) is 1. The van der Waals surface area contributed by atoms with E-state index < -0.39 is 16.1 Å². The van der Waals surface area contributed by atoms with E-state index in [0.717, 1.165) is 0 Å². The van der Waals surface area contributed by atoms with Crippen LogP contribution in [0.3, 0.4) is 0 Å². The van der Waals surface area contributed by atoms with E-state index in [2.05, 4.69) is 74.6 Å². The molecule has 0 unspecified atom stereocenters. The highest BCUT2D eigenvalue weighted by molar-refractivity contribution is 6.98. The molecule has 5 rings (SSSR count). The predicted octanol–water partition coefficient (Wildman–Crippen LogP) is 5.66. The number of nitrogens with zero attached hydrogens (tertiary/aromatic N) is 1. The van der Waals surface area contributed by atoms with Crippen LogP contribution in [-0.4, -0.2) is 21.1 Å². The van der Waals surface area contributed by atoms with Crippen molar-refractivity contribution < 1.29 is 0 Å². The molecule has 4 aromatic carbocycles. The highest BCUT2D eigenvalue weighted by Gasteiger charge is 2.29. The zero-order chi connectivity index (χ0) is 18.4. The molecular weight excluding hydrogens is 346 g/mol. The number of pyridine rings is 1. The van der Waals surface area contributed by atoms with Crippen molar-refractivity contribution in [1.82, 2.24) is 4.98 Å². The topological polar surface area (TPSA) is 12.9 Å². The summed E-state index contributed by atoms with van der Waals surface area (Å²) < 4.78 is 0. The summed E-state index contributed by atoms with van der Waals surface area (Å²) in [5.74, 6) is 0. The Morgan fingerprint density at radius 2 is 1.04 bits per heavy atom. The molecule has 1 aromatic heterocycles. The molecule has 3 heteroatoms. The van der Waals surface area contributed by atoms with Gasteiger partial charge in [0.15, 0.2) is 0 Å². The molecule has 130 valence electrons. The molecule has 0 atom stereocenters. The van der Waals surface area contributed by atoms with Crippen LogP contribution in [-0.2, 0) is 0 Å². The fraction of sp³-hybridized carbons (Fsp3) is 0.261. The molecule has 0 aliphatic heterocycles. The van der Waals surface area contributed by atoms with Gasteiger partial charge in [-0.1, -0.05) is 67.9 Å². The Balaban J connectivity index is 1.86. The molecule has 0 aliphatic rings. The molecular formula is C23H25NSi2. The van der Waals surface area contributed by atoms with Crippen LogP contribution in [0.1, 0.15) is 0 Å². The largest absolute Gasteiger partial charge is 0.256 e. The van der Waals surface area contributed by atoms with Crippen LogP contribution in [0.15, 0.2) is 42.6 Å². The van der Waals surface area contributed by atoms with Crippen molar-refractivity contribution in [2.45, 2.75) is 39.3 Å². The van der Waals surface area contributed by atoms with Gasteiger partial charge in [-0.2, -0.15) is 0 Å². The SMILES string of the molecule is C[Si](C)(C)c1cc2c(cc1[Si](C)(C)C)c1cc3c(cc21)c1cccnc13. The van der Waals surface area contributed by atoms with E-state index in [1.807, 2.05) is 12.3 Å². The zero-order valence-electron chi connectivity index (χ0n) is 16.5. The number of aromatic nitrogens is 1. The van der Waals surface area contributed by atoms with E-state index in [9.17, 15) is 0 Å². The van der Waals surface area contributed by atoms with E-state index in [0.29, 0.717) is 0 Å². The van der Waals surface area contributed by atoms with Crippen LogP contribution in [0.5, 0.6) is 0 Å². The number of hydrogen-bond donors (Lipinski definition) is 0. The van der Waals surface area contributed by atoms with Gasteiger partial charge in [-0.05, 0) is 45.1 Å². The first-order valence-corrected chi connectivity index (χ1v) is 16.5. The Kier molecular flexibility index (Phi) is 3.02. The summed E-state index contributed by atoms with van der Waals surface area (Å²) in [7, 11) is -2.75. The van der Waals surface area contributed by atoms with Crippen LogP contribution in [0.25, 0.3) is 43.2 Å². The van der Waals surface area contributed by atoms with Gasteiger partial charge in [0, 0.05) is 17.0 Å². The molecule has 5 aromatic rings. The lowest BCUT2D eigenvalue weighted by Gasteiger charge is -2.30. The van der Waals surface area contributed by atoms with E-state index in [4.69, 9.17) is 0 Å². The van der Waals surface area contributed by atoms with Gasteiger partial charge < -0.3 is 0 Å². The molecule has 0 fully saturated rings. The lowest BCUT2D eigenvalue weighted by atomic mass is 9.88. The molecule has 26 heavy (non-hydrogen) atoms. The van der Waals surface area contributed by atoms with E-state index in [1.54, 1.807) is 10.4 Å². The van der Waals surface area contributed by atoms with Gasteiger partial charge in [0.25, 0.3) is 0 Å². The summed E-state index contributed by atoms with van der Waals surface area (Å²) in [6.07, 6.45) is 1.90. The summed E-state index contributed by atoms with van der Waals surface area (Å²) in [4.78, 5) is 4.57. The van der Waals surface area contributed by atoms with E-state index in [1.165, 1.54) is 43.2 Å². The Labute approximate surface area is 156 Å². The van der Waals surface area contributed by atoms with E-state index in [-0.39, 0.29) is 0 Å². The van der Waals surface area contributed by atoms with Crippen molar-refractivity contribution in [3.8, 4) is 0 Å². The maximum absolute atomic E-state index is 4.57. The standard InChI is InChI=1S/C23H25NSi2/c1-25(2,3)21-12-18-16-10-15-14-8-7-9-24-23(14)20(15)11-17(16)19(18)13-22(21)26(4,5)6/h7-13H,1-6H3. The molecule has 1 heterocycles. The quantitative estimate of drug-likeness (QED) is 0.365. The van der Waals surface area contributed by atoms with Gasteiger partial charge in [0.2, 0.25) is 0 Å². The Hall–Kier alpha value is -1.98. The minimum atomic E-state index is -1.38. The fourth-order valence-corrected chi connectivity index (χ4v) is 9.63. The number of benzene rings is 2. The summed E-state index contributed by atoms with van der Waals surface area (Å²) in [6.45, 7) is 14.9. The Bertz CT molecular complexity index is 1190. The van der Waals surface area contributed by atoms with Crippen LogP contribution in [0.4, 0.5) is 0 Å². The molecule has 0 spiro atoms. The van der Waals surface area contributed by atoms with Gasteiger partial charge in [-0.15, -0.1) is 0 Å². The monoisotopic (exact) mass is 371 g/mol. The van der Waals surface area contributed by atoms with Crippen molar-refractivity contribution in [1.29, 1.82) is 0 Å². The summed E-state index contributed by atoms with van der Waals surface area (Å²) in [5.41, 5.74) is 1.17. The minimum Gasteiger partial charge on any atom is -0.256 e. The molecule has 0 bridgehead atoms. The summed E-state index contributed by atoms with van der Waals surface area (Å²) in [6, 6.07) is 14.1. The van der Waals surface area contributed by atoms with Crippen LogP contribution >= 0.6 is 0 Å². The maximum Gasteiger partial charge on any atom is 0.0786 e. The lowest BCUT2D eigenvalue weighted by molar-refractivity contribution is 1.43. The smallest absolute Gasteiger partial charge is 0.0786 e. The molecule has 1 nitrogen and oxygen atoms in total. The average Bonchev–Trinajstić information content (AvgIpc) is 2.54. The highest BCUT2D eigenvalue weighted by Crippen LogP contribution is 2.42. The van der Waals surface area contributed by atoms with Crippen molar-refractivity contribution >= 4 is 69.7 Å². The molecule has 0 aliphatic carbocycles. The van der Waals surface area contributed by atoms with Gasteiger partial charge in [-0.25, -0.2) is 0 Å². The van der Waals surface area contributed by atoms with Crippen molar-refractivity contribution in [3.05, 3.63) is 42.6 Å². The first-order chi connectivity index (χ1) is 12.2. The van der Waals surface area contributed by atoms with Gasteiger partial charge in [0.1, 0.15) is 0 Å².